The Balaban J connectivity index is 1.50. The minimum atomic E-state index is -1.06. The number of amides is 1. The molecule has 1 heterocycles. The summed E-state index contributed by atoms with van der Waals surface area (Å²) in [5, 5.41) is 9.37. The monoisotopic (exact) mass is 461 g/mol. The Hall–Kier alpha value is -3.67. The van der Waals surface area contributed by atoms with Crippen molar-refractivity contribution >= 4 is 11.9 Å². The standard InChI is InChI=1S/C28H28FNO4/c1-19-7-3-4-8-20(19)13-14-30(18-26(31)32)27(33)21-11-12-25-23(15-21)17-28(2,34-25)16-22-9-5-6-10-24(22)29/h3-12,15H,13-14,16-18H2,1-2H3,(H,31,32)/t28-/m1/s1. The van der Waals surface area contributed by atoms with Crippen LogP contribution in [0.15, 0.2) is 66.7 Å². The van der Waals surface area contributed by atoms with Crippen LogP contribution in [0.3, 0.4) is 0 Å². The van der Waals surface area contributed by atoms with Gasteiger partial charge in [-0.15, -0.1) is 0 Å². The number of aliphatic carboxylic acids is 1. The fraction of sp³-hybridized carbons (Fsp3) is 0.286. The van der Waals surface area contributed by atoms with E-state index >= 15 is 0 Å². The van der Waals surface area contributed by atoms with Crippen LogP contribution in [0.25, 0.3) is 0 Å². The molecule has 0 bridgehead atoms. The number of halogens is 1. The molecule has 34 heavy (non-hydrogen) atoms. The summed E-state index contributed by atoms with van der Waals surface area (Å²) in [4.78, 5) is 26.1. The summed E-state index contributed by atoms with van der Waals surface area (Å²) in [5.41, 5.74) is 3.42. The van der Waals surface area contributed by atoms with Crippen molar-refractivity contribution in [2.75, 3.05) is 13.1 Å². The molecular weight excluding hydrogens is 433 g/mol. The second-order valence-corrected chi connectivity index (χ2v) is 9.12. The van der Waals surface area contributed by atoms with Crippen molar-refractivity contribution in [2.24, 2.45) is 0 Å². The highest BCUT2D eigenvalue weighted by atomic mass is 19.1. The topological polar surface area (TPSA) is 66.8 Å². The van der Waals surface area contributed by atoms with Crippen LogP contribution in [0, 0.1) is 12.7 Å². The second kappa shape index (κ2) is 9.67. The molecule has 5 nitrogen and oxygen atoms in total. The fourth-order valence-corrected chi connectivity index (χ4v) is 4.54. The van der Waals surface area contributed by atoms with E-state index in [1.54, 1.807) is 36.4 Å². The van der Waals surface area contributed by atoms with E-state index in [0.717, 1.165) is 16.7 Å². The van der Waals surface area contributed by atoms with Crippen molar-refractivity contribution in [1.29, 1.82) is 0 Å². The van der Waals surface area contributed by atoms with Crippen LogP contribution in [0.2, 0.25) is 0 Å². The molecule has 0 spiro atoms. The molecule has 1 aliphatic heterocycles. The van der Waals surface area contributed by atoms with E-state index in [9.17, 15) is 19.1 Å². The van der Waals surface area contributed by atoms with Crippen LogP contribution in [-0.4, -0.2) is 40.6 Å². The highest BCUT2D eigenvalue weighted by Crippen LogP contribution is 2.38. The Kier molecular flexibility index (Phi) is 6.68. The van der Waals surface area contributed by atoms with Crippen LogP contribution in [0.4, 0.5) is 4.39 Å². The lowest BCUT2D eigenvalue weighted by Crippen LogP contribution is -2.37. The number of rotatable bonds is 8. The Morgan fingerprint density at radius 2 is 1.76 bits per heavy atom. The van der Waals surface area contributed by atoms with E-state index < -0.39 is 11.6 Å². The number of carboxylic acid groups (broad SMARTS) is 1. The van der Waals surface area contributed by atoms with Crippen LogP contribution >= 0.6 is 0 Å². The van der Waals surface area contributed by atoms with Gasteiger partial charge in [0.25, 0.3) is 5.91 Å². The second-order valence-electron chi connectivity index (χ2n) is 9.12. The number of fused-ring (bicyclic) bond motifs is 1. The molecule has 4 rings (SSSR count). The number of carboxylic acids is 1. The number of nitrogens with zero attached hydrogens (tertiary/aromatic N) is 1. The molecule has 3 aromatic rings. The van der Waals surface area contributed by atoms with Gasteiger partial charge in [-0.25, -0.2) is 4.39 Å². The zero-order chi connectivity index (χ0) is 24.3. The lowest BCUT2D eigenvalue weighted by atomic mass is 9.91. The summed E-state index contributed by atoms with van der Waals surface area (Å²) in [6, 6.07) is 19.7. The van der Waals surface area contributed by atoms with Gasteiger partial charge in [0.05, 0.1) is 0 Å². The molecule has 0 radical (unpaired) electrons. The minimum absolute atomic E-state index is 0.267. The number of hydrogen-bond acceptors (Lipinski definition) is 3. The third-order valence-electron chi connectivity index (χ3n) is 6.28. The minimum Gasteiger partial charge on any atom is -0.487 e. The highest BCUT2D eigenvalue weighted by molar-refractivity contribution is 5.96. The summed E-state index contributed by atoms with van der Waals surface area (Å²) >= 11 is 0. The first-order valence-electron chi connectivity index (χ1n) is 11.3. The molecule has 1 aliphatic rings. The summed E-state index contributed by atoms with van der Waals surface area (Å²) in [5.74, 6) is -0.987. The third-order valence-corrected chi connectivity index (χ3v) is 6.28. The SMILES string of the molecule is Cc1ccccc1CCN(CC(=O)O)C(=O)c1ccc2c(c1)C[C@@](C)(Cc1ccccc1F)O2. The number of carbonyl (C=O) groups excluding carboxylic acids is 1. The molecule has 0 saturated carbocycles. The first-order chi connectivity index (χ1) is 16.2. The largest absolute Gasteiger partial charge is 0.487 e. The Morgan fingerprint density at radius 3 is 2.47 bits per heavy atom. The Bertz CT molecular complexity index is 1220. The van der Waals surface area contributed by atoms with Crippen molar-refractivity contribution in [3.05, 3.63) is 100 Å². The molecular formula is C28H28FNO4. The van der Waals surface area contributed by atoms with Crippen LogP contribution in [0.1, 0.15) is 39.5 Å². The fourth-order valence-electron chi connectivity index (χ4n) is 4.54. The van der Waals surface area contributed by atoms with Gasteiger partial charge in [-0.05, 0) is 66.8 Å². The number of benzene rings is 3. The zero-order valence-corrected chi connectivity index (χ0v) is 19.4. The van der Waals surface area contributed by atoms with Crippen LogP contribution < -0.4 is 4.74 Å². The van der Waals surface area contributed by atoms with Crippen molar-refractivity contribution in [3.63, 3.8) is 0 Å². The maximum atomic E-state index is 14.2. The lowest BCUT2D eigenvalue weighted by Gasteiger charge is -2.24. The van der Waals surface area contributed by atoms with Gasteiger partial charge < -0.3 is 14.7 Å². The summed E-state index contributed by atoms with van der Waals surface area (Å²) in [7, 11) is 0. The van der Waals surface area contributed by atoms with Crippen molar-refractivity contribution < 1.29 is 23.8 Å². The van der Waals surface area contributed by atoms with Gasteiger partial charge >= 0.3 is 5.97 Å². The molecule has 1 amide bonds. The average molecular weight is 462 g/mol. The zero-order valence-electron chi connectivity index (χ0n) is 19.4. The van der Waals surface area contributed by atoms with Gasteiger partial charge in [0.15, 0.2) is 0 Å². The van der Waals surface area contributed by atoms with Crippen LogP contribution in [-0.2, 0) is 24.1 Å². The average Bonchev–Trinajstić information content (AvgIpc) is 3.13. The number of aryl methyl sites for hydroxylation is 1. The van der Waals surface area contributed by atoms with Gasteiger partial charge in [-0.3, -0.25) is 9.59 Å². The lowest BCUT2D eigenvalue weighted by molar-refractivity contribution is -0.137. The molecule has 176 valence electrons. The maximum absolute atomic E-state index is 14.2. The van der Waals surface area contributed by atoms with Crippen LogP contribution in [0.5, 0.6) is 5.75 Å². The summed E-state index contributed by atoms with van der Waals surface area (Å²) < 4.78 is 20.3. The highest BCUT2D eigenvalue weighted by Gasteiger charge is 2.36. The van der Waals surface area contributed by atoms with E-state index in [2.05, 4.69) is 0 Å². The van der Waals surface area contributed by atoms with Gasteiger partial charge in [-0.1, -0.05) is 42.5 Å². The number of carbonyl (C=O) groups is 2. The van der Waals surface area contributed by atoms with Gasteiger partial charge in [0.2, 0.25) is 0 Å². The molecule has 1 atom stereocenters. The van der Waals surface area contributed by atoms with E-state index in [0.29, 0.717) is 42.7 Å². The number of hydrogen-bond donors (Lipinski definition) is 1. The molecule has 1 N–H and O–H groups in total. The Labute approximate surface area is 198 Å². The predicted molar refractivity (Wildman–Crippen MR) is 128 cm³/mol. The molecule has 0 unspecified atom stereocenters. The van der Waals surface area contributed by atoms with Gasteiger partial charge in [0, 0.05) is 24.9 Å². The molecule has 3 aromatic carbocycles. The van der Waals surface area contributed by atoms with Gasteiger partial charge in [-0.2, -0.15) is 0 Å². The van der Waals surface area contributed by atoms with E-state index in [4.69, 9.17) is 4.74 Å². The first kappa shape index (κ1) is 23.5. The van der Waals surface area contributed by atoms with E-state index in [1.165, 1.54) is 11.0 Å². The van der Waals surface area contributed by atoms with Crippen molar-refractivity contribution in [2.45, 2.75) is 38.7 Å². The normalized spacial score (nSPS) is 16.6. The molecule has 0 saturated heterocycles. The van der Waals surface area contributed by atoms with Gasteiger partial charge in [0.1, 0.15) is 23.7 Å². The first-order valence-corrected chi connectivity index (χ1v) is 11.3. The molecule has 6 heteroatoms. The van der Waals surface area contributed by atoms with E-state index in [-0.39, 0.29) is 18.3 Å². The molecule has 0 aliphatic carbocycles. The van der Waals surface area contributed by atoms with Crippen molar-refractivity contribution in [1.82, 2.24) is 4.90 Å². The molecule has 0 aromatic heterocycles. The Morgan fingerprint density at radius 1 is 1.06 bits per heavy atom. The summed E-state index contributed by atoms with van der Waals surface area (Å²) in [6.45, 7) is 3.86. The number of ether oxygens (including phenoxy) is 1. The van der Waals surface area contributed by atoms with E-state index in [1.807, 2.05) is 38.1 Å². The van der Waals surface area contributed by atoms with Crippen molar-refractivity contribution in [3.8, 4) is 5.75 Å². The smallest absolute Gasteiger partial charge is 0.323 e. The maximum Gasteiger partial charge on any atom is 0.323 e. The third kappa shape index (κ3) is 5.28. The quantitative estimate of drug-likeness (QED) is 0.521. The predicted octanol–water partition coefficient (Wildman–Crippen LogP) is 4.84. The summed E-state index contributed by atoms with van der Waals surface area (Å²) in [6.07, 6.45) is 1.50. The molecule has 0 fully saturated rings.